The normalized spacial score (nSPS) is 10.8. The van der Waals surface area contributed by atoms with Crippen molar-refractivity contribution in [2.45, 2.75) is 33.2 Å². The molecule has 0 fully saturated rings. The number of aromatic nitrogens is 2. The van der Waals surface area contributed by atoms with E-state index in [-0.39, 0.29) is 11.7 Å². The third-order valence-electron chi connectivity index (χ3n) is 2.11. The van der Waals surface area contributed by atoms with Gasteiger partial charge in [-0.3, -0.25) is 4.57 Å². The second-order valence-corrected chi connectivity index (χ2v) is 3.32. The van der Waals surface area contributed by atoms with Crippen LogP contribution in [0.1, 0.15) is 38.2 Å². The monoisotopic (exact) mass is 180 g/mol. The Labute approximate surface area is 78.1 Å². The summed E-state index contributed by atoms with van der Waals surface area (Å²) in [4.78, 5) is 14.3. The summed E-state index contributed by atoms with van der Waals surface area (Å²) in [5, 5.41) is 0. The van der Waals surface area contributed by atoms with E-state index < -0.39 is 0 Å². The van der Waals surface area contributed by atoms with E-state index in [0.717, 1.165) is 17.8 Å². The van der Waals surface area contributed by atoms with Crippen molar-refractivity contribution in [3.05, 3.63) is 28.5 Å². The van der Waals surface area contributed by atoms with Gasteiger partial charge in [0.05, 0.1) is 5.69 Å². The minimum Gasteiger partial charge on any atom is -0.309 e. The van der Waals surface area contributed by atoms with Crippen LogP contribution in [0, 0.1) is 0 Å². The van der Waals surface area contributed by atoms with Gasteiger partial charge in [-0.15, -0.1) is 0 Å². The molecule has 1 N–H and O–H groups in total. The fraction of sp³-hybridized carbons (Fsp3) is 0.500. The Bertz CT molecular complexity index is 357. The summed E-state index contributed by atoms with van der Waals surface area (Å²) in [6.07, 6.45) is 2.56. The number of rotatable bonds is 3. The van der Waals surface area contributed by atoms with Gasteiger partial charge in [-0.05, 0) is 26.3 Å². The standard InChI is InChI=1S/C10H16N2O/c1-5-8-9(6-2)12(7(3)4)10(13)11-8/h6-7H,2,5H2,1,3-4H3,(H,11,13). The number of nitrogens with zero attached hydrogens (tertiary/aromatic N) is 1. The molecule has 0 aliphatic rings. The molecule has 1 heterocycles. The van der Waals surface area contributed by atoms with Crippen molar-refractivity contribution in [2.24, 2.45) is 0 Å². The molecule has 0 aromatic carbocycles. The smallest absolute Gasteiger partial charge is 0.309 e. The molecule has 0 spiro atoms. The molecule has 3 heteroatoms. The minimum absolute atomic E-state index is 0.0400. The first-order valence-electron chi connectivity index (χ1n) is 4.57. The Morgan fingerprint density at radius 1 is 1.62 bits per heavy atom. The van der Waals surface area contributed by atoms with Gasteiger partial charge in [-0.25, -0.2) is 4.79 Å². The second-order valence-electron chi connectivity index (χ2n) is 3.32. The highest BCUT2D eigenvalue weighted by Crippen LogP contribution is 2.11. The van der Waals surface area contributed by atoms with Gasteiger partial charge < -0.3 is 4.98 Å². The maximum Gasteiger partial charge on any atom is 0.326 e. The van der Waals surface area contributed by atoms with E-state index in [1.165, 1.54) is 0 Å². The van der Waals surface area contributed by atoms with Gasteiger partial charge in [0.25, 0.3) is 0 Å². The maximum atomic E-state index is 11.5. The largest absolute Gasteiger partial charge is 0.326 e. The predicted molar refractivity (Wildman–Crippen MR) is 54.9 cm³/mol. The third kappa shape index (κ3) is 1.59. The number of imidazole rings is 1. The number of nitrogens with one attached hydrogen (secondary N) is 1. The average Bonchev–Trinajstić information content (AvgIpc) is 2.41. The summed E-state index contributed by atoms with van der Waals surface area (Å²) < 4.78 is 1.73. The third-order valence-corrected chi connectivity index (χ3v) is 2.11. The van der Waals surface area contributed by atoms with E-state index in [9.17, 15) is 4.79 Å². The Hall–Kier alpha value is -1.25. The Kier molecular flexibility index (Phi) is 2.76. The van der Waals surface area contributed by atoms with Crippen LogP contribution in [0.2, 0.25) is 0 Å². The molecule has 0 amide bonds. The number of aryl methyl sites for hydroxylation is 1. The van der Waals surface area contributed by atoms with E-state index >= 15 is 0 Å². The number of aromatic amines is 1. The fourth-order valence-electron chi connectivity index (χ4n) is 1.51. The highest BCUT2D eigenvalue weighted by molar-refractivity contribution is 5.45. The lowest BCUT2D eigenvalue weighted by atomic mass is 10.2. The molecule has 1 aromatic rings. The van der Waals surface area contributed by atoms with Crippen molar-refractivity contribution in [3.8, 4) is 0 Å². The first-order chi connectivity index (χ1) is 6.11. The molecular weight excluding hydrogens is 164 g/mol. The molecule has 0 saturated heterocycles. The lowest BCUT2D eigenvalue weighted by molar-refractivity contribution is 0.576. The van der Waals surface area contributed by atoms with Crippen LogP contribution in [0.5, 0.6) is 0 Å². The van der Waals surface area contributed by atoms with Crippen molar-refractivity contribution >= 4 is 6.08 Å². The van der Waals surface area contributed by atoms with Crippen LogP contribution in [0.15, 0.2) is 11.4 Å². The van der Waals surface area contributed by atoms with Crippen molar-refractivity contribution in [1.82, 2.24) is 9.55 Å². The molecule has 1 rings (SSSR count). The van der Waals surface area contributed by atoms with E-state index in [2.05, 4.69) is 11.6 Å². The molecule has 0 unspecified atom stereocenters. The summed E-state index contributed by atoms with van der Waals surface area (Å²) in [6, 6.07) is 0.178. The van der Waals surface area contributed by atoms with E-state index in [1.54, 1.807) is 10.6 Å². The summed E-state index contributed by atoms with van der Waals surface area (Å²) in [7, 11) is 0. The highest BCUT2D eigenvalue weighted by Gasteiger charge is 2.11. The molecule has 0 aliphatic carbocycles. The van der Waals surface area contributed by atoms with E-state index in [1.807, 2.05) is 20.8 Å². The molecule has 0 radical (unpaired) electrons. The molecule has 13 heavy (non-hydrogen) atoms. The fourth-order valence-corrected chi connectivity index (χ4v) is 1.51. The van der Waals surface area contributed by atoms with Crippen molar-refractivity contribution < 1.29 is 0 Å². The molecule has 1 aromatic heterocycles. The lowest BCUT2D eigenvalue weighted by Crippen LogP contribution is -2.19. The van der Waals surface area contributed by atoms with Crippen molar-refractivity contribution in [2.75, 3.05) is 0 Å². The topological polar surface area (TPSA) is 37.8 Å². The van der Waals surface area contributed by atoms with Gasteiger partial charge in [0.2, 0.25) is 0 Å². The lowest BCUT2D eigenvalue weighted by Gasteiger charge is -2.08. The zero-order valence-electron chi connectivity index (χ0n) is 8.42. The van der Waals surface area contributed by atoms with Crippen LogP contribution in [0.4, 0.5) is 0 Å². The van der Waals surface area contributed by atoms with Gasteiger partial charge in [0.1, 0.15) is 0 Å². The maximum absolute atomic E-state index is 11.5. The van der Waals surface area contributed by atoms with E-state index in [4.69, 9.17) is 0 Å². The molecule has 3 nitrogen and oxygen atoms in total. The molecular formula is C10H16N2O. The number of hydrogen-bond donors (Lipinski definition) is 1. The summed E-state index contributed by atoms with van der Waals surface area (Å²) in [6.45, 7) is 9.71. The van der Waals surface area contributed by atoms with Gasteiger partial charge >= 0.3 is 5.69 Å². The summed E-state index contributed by atoms with van der Waals surface area (Å²) in [5.41, 5.74) is 1.85. The van der Waals surface area contributed by atoms with Crippen molar-refractivity contribution in [1.29, 1.82) is 0 Å². The van der Waals surface area contributed by atoms with Crippen LogP contribution >= 0.6 is 0 Å². The Morgan fingerprint density at radius 2 is 2.23 bits per heavy atom. The Morgan fingerprint density at radius 3 is 2.62 bits per heavy atom. The van der Waals surface area contributed by atoms with Crippen LogP contribution in [0.25, 0.3) is 6.08 Å². The molecule has 0 saturated carbocycles. The highest BCUT2D eigenvalue weighted by atomic mass is 16.1. The first kappa shape index (κ1) is 9.84. The van der Waals surface area contributed by atoms with Crippen molar-refractivity contribution in [3.63, 3.8) is 0 Å². The molecule has 0 aliphatic heterocycles. The van der Waals surface area contributed by atoms with Crippen LogP contribution in [0.3, 0.4) is 0 Å². The zero-order valence-corrected chi connectivity index (χ0v) is 8.42. The van der Waals surface area contributed by atoms with Gasteiger partial charge in [-0.2, -0.15) is 0 Å². The van der Waals surface area contributed by atoms with Gasteiger partial charge in [0, 0.05) is 11.7 Å². The first-order valence-corrected chi connectivity index (χ1v) is 4.57. The summed E-state index contributed by atoms with van der Waals surface area (Å²) in [5.74, 6) is 0. The van der Waals surface area contributed by atoms with Crippen LogP contribution in [-0.4, -0.2) is 9.55 Å². The van der Waals surface area contributed by atoms with Crippen LogP contribution in [-0.2, 0) is 6.42 Å². The molecule has 0 bridgehead atoms. The SMILES string of the molecule is C=Cc1c(CC)[nH]c(=O)n1C(C)C. The quantitative estimate of drug-likeness (QED) is 0.758. The Balaban J connectivity index is 3.40. The molecule has 72 valence electrons. The average molecular weight is 180 g/mol. The summed E-state index contributed by atoms with van der Waals surface area (Å²) >= 11 is 0. The number of H-pyrrole nitrogens is 1. The number of hydrogen-bond acceptors (Lipinski definition) is 1. The van der Waals surface area contributed by atoms with E-state index in [0.29, 0.717) is 0 Å². The van der Waals surface area contributed by atoms with Crippen LogP contribution < -0.4 is 5.69 Å². The predicted octanol–water partition coefficient (Wildman–Crippen LogP) is 1.96. The zero-order chi connectivity index (χ0) is 10.0. The van der Waals surface area contributed by atoms with Gasteiger partial charge in [0.15, 0.2) is 0 Å². The van der Waals surface area contributed by atoms with Gasteiger partial charge in [-0.1, -0.05) is 13.5 Å². The molecule has 0 atom stereocenters. The second kappa shape index (κ2) is 3.64. The minimum atomic E-state index is -0.0400.